The molecule has 0 saturated carbocycles. The van der Waals surface area contributed by atoms with Crippen LogP contribution in [0.4, 0.5) is 0 Å². The molecule has 164 valence electrons. The van der Waals surface area contributed by atoms with Gasteiger partial charge in [-0.2, -0.15) is 0 Å². The van der Waals surface area contributed by atoms with Crippen LogP contribution in [-0.4, -0.2) is 12.6 Å². The summed E-state index contributed by atoms with van der Waals surface area (Å²) in [6.45, 7) is 5.18. The molecule has 0 aliphatic heterocycles. The Kier molecular flexibility index (Phi) is 11.7. The van der Waals surface area contributed by atoms with E-state index in [0.29, 0.717) is 11.3 Å². The minimum atomic E-state index is -0.340. The Morgan fingerprint density at radius 1 is 0.667 bits per heavy atom. The number of aryl methyl sites for hydroxylation is 1. The molecule has 0 N–H and O–H groups in total. The zero-order valence-electron chi connectivity index (χ0n) is 18.8. The summed E-state index contributed by atoms with van der Waals surface area (Å²) in [6.07, 6.45) is 13.6. The van der Waals surface area contributed by atoms with Crippen molar-refractivity contribution in [3.63, 3.8) is 0 Å². The Balaban J connectivity index is 1.71. The van der Waals surface area contributed by atoms with Crippen LogP contribution in [0.2, 0.25) is 0 Å². The predicted octanol–water partition coefficient (Wildman–Crippen LogP) is 7.77. The van der Waals surface area contributed by atoms with Crippen LogP contribution in [-0.2, 0) is 6.42 Å². The van der Waals surface area contributed by atoms with E-state index in [0.717, 1.165) is 25.2 Å². The first-order valence-electron chi connectivity index (χ1n) is 11.8. The van der Waals surface area contributed by atoms with E-state index in [2.05, 4.69) is 13.8 Å². The van der Waals surface area contributed by atoms with Gasteiger partial charge in [0.05, 0.1) is 12.2 Å². The summed E-state index contributed by atoms with van der Waals surface area (Å²) >= 11 is 0. The summed E-state index contributed by atoms with van der Waals surface area (Å²) in [5, 5.41) is 0. The number of hydrogen-bond donors (Lipinski definition) is 0. The van der Waals surface area contributed by atoms with Crippen LogP contribution in [0.5, 0.6) is 11.5 Å². The van der Waals surface area contributed by atoms with Gasteiger partial charge in [0.1, 0.15) is 11.5 Å². The molecule has 0 spiro atoms. The first kappa shape index (κ1) is 24.0. The molecule has 2 aromatic rings. The summed E-state index contributed by atoms with van der Waals surface area (Å²) in [5.41, 5.74) is 1.82. The van der Waals surface area contributed by atoms with Crippen molar-refractivity contribution in [1.29, 1.82) is 0 Å². The van der Waals surface area contributed by atoms with E-state index < -0.39 is 0 Å². The summed E-state index contributed by atoms with van der Waals surface area (Å²) in [4.78, 5) is 12.4. The fourth-order valence-corrected chi connectivity index (χ4v) is 3.41. The Labute approximate surface area is 182 Å². The van der Waals surface area contributed by atoms with Crippen LogP contribution >= 0.6 is 0 Å². The molecule has 0 amide bonds. The second kappa shape index (κ2) is 14.7. The van der Waals surface area contributed by atoms with E-state index >= 15 is 0 Å². The highest BCUT2D eigenvalue weighted by Crippen LogP contribution is 2.18. The van der Waals surface area contributed by atoms with E-state index in [1.165, 1.54) is 63.4 Å². The molecule has 0 heterocycles. The number of benzene rings is 2. The molecule has 0 atom stereocenters. The first-order chi connectivity index (χ1) is 14.7. The monoisotopic (exact) mass is 410 g/mol. The predicted molar refractivity (Wildman–Crippen MR) is 125 cm³/mol. The molecule has 0 fully saturated rings. The van der Waals surface area contributed by atoms with Crippen molar-refractivity contribution in [3.05, 3.63) is 59.7 Å². The third-order valence-corrected chi connectivity index (χ3v) is 5.31. The zero-order chi connectivity index (χ0) is 21.4. The molecule has 0 bridgehead atoms. The van der Waals surface area contributed by atoms with Crippen molar-refractivity contribution in [3.8, 4) is 11.5 Å². The summed E-state index contributed by atoms with van der Waals surface area (Å²) < 4.78 is 11.3. The van der Waals surface area contributed by atoms with Crippen molar-refractivity contribution < 1.29 is 14.3 Å². The van der Waals surface area contributed by atoms with Gasteiger partial charge >= 0.3 is 5.97 Å². The van der Waals surface area contributed by atoms with Gasteiger partial charge in [0.2, 0.25) is 0 Å². The Morgan fingerprint density at radius 2 is 1.23 bits per heavy atom. The SMILES string of the molecule is CCCCCCCCOc1ccc(C(=O)Oc2ccc(CCCCCC)cc2)cc1. The van der Waals surface area contributed by atoms with Crippen molar-refractivity contribution in [2.24, 2.45) is 0 Å². The topological polar surface area (TPSA) is 35.5 Å². The second-order valence-corrected chi connectivity index (χ2v) is 7.98. The van der Waals surface area contributed by atoms with E-state index in [9.17, 15) is 4.79 Å². The number of hydrogen-bond acceptors (Lipinski definition) is 3. The zero-order valence-corrected chi connectivity index (χ0v) is 18.8. The van der Waals surface area contributed by atoms with E-state index in [4.69, 9.17) is 9.47 Å². The molecule has 0 aliphatic rings. The number of esters is 1. The van der Waals surface area contributed by atoms with Gasteiger partial charge in [-0.05, 0) is 61.2 Å². The van der Waals surface area contributed by atoms with Crippen LogP contribution in [0.15, 0.2) is 48.5 Å². The Morgan fingerprint density at radius 3 is 1.90 bits per heavy atom. The highest BCUT2D eigenvalue weighted by atomic mass is 16.5. The quantitative estimate of drug-likeness (QED) is 0.171. The standard InChI is InChI=1S/C27H38O3/c1-3-5-7-9-10-12-22-29-25-20-16-24(17-21-25)27(28)30-26-18-14-23(15-19-26)13-11-8-6-4-2/h14-21H,3-13,22H2,1-2H3. The lowest BCUT2D eigenvalue weighted by atomic mass is 10.1. The highest BCUT2D eigenvalue weighted by Gasteiger charge is 2.09. The molecular formula is C27H38O3. The summed E-state index contributed by atoms with van der Waals surface area (Å²) in [7, 11) is 0. The van der Waals surface area contributed by atoms with Crippen LogP contribution in [0.1, 0.15) is 94.0 Å². The maximum absolute atomic E-state index is 12.4. The number of rotatable bonds is 15. The van der Waals surface area contributed by atoms with Gasteiger partial charge in [-0.25, -0.2) is 4.79 Å². The van der Waals surface area contributed by atoms with Gasteiger partial charge in [0, 0.05) is 0 Å². The normalized spacial score (nSPS) is 10.7. The molecule has 2 rings (SSSR count). The molecule has 30 heavy (non-hydrogen) atoms. The van der Waals surface area contributed by atoms with Crippen molar-refractivity contribution >= 4 is 5.97 Å². The molecule has 2 aromatic carbocycles. The molecule has 0 aliphatic carbocycles. The van der Waals surface area contributed by atoms with E-state index in [1.807, 2.05) is 36.4 Å². The number of ether oxygens (including phenoxy) is 2. The Hall–Kier alpha value is -2.29. The van der Waals surface area contributed by atoms with Gasteiger partial charge in [-0.1, -0.05) is 77.3 Å². The minimum Gasteiger partial charge on any atom is -0.494 e. The molecule has 3 heteroatoms. The summed E-state index contributed by atoms with van der Waals surface area (Å²) in [5.74, 6) is 1.04. The maximum atomic E-state index is 12.4. The molecule has 0 saturated heterocycles. The first-order valence-corrected chi connectivity index (χ1v) is 11.8. The smallest absolute Gasteiger partial charge is 0.343 e. The van der Waals surface area contributed by atoms with E-state index in [-0.39, 0.29) is 5.97 Å². The van der Waals surface area contributed by atoms with Crippen molar-refractivity contribution in [1.82, 2.24) is 0 Å². The van der Waals surface area contributed by atoms with Gasteiger partial charge in [0.25, 0.3) is 0 Å². The van der Waals surface area contributed by atoms with Gasteiger partial charge < -0.3 is 9.47 Å². The van der Waals surface area contributed by atoms with Gasteiger partial charge in [0.15, 0.2) is 0 Å². The molecule has 0 radical (unpaired) electrons. The largest absolute Gasteiger partial charge is 0.494 e. The average molecular weight is 411 g/mol. The van der Waals surface area contributed by atoms with Crippen molar-refractivity contribution in [2.45, 2.75) is 84.5 Å². The molecule has 0 aromatic heterocycles. The third kappa shape index (κ3) is 9.47. The second-order valence-electron chi connectivity index (χ2n) is 7.98. The van der Waals surface area contributed by atoms with Gasteiger partial charge in [-0.3, -0.25) is 0 Å². The fraction of sp³-hybridized carbons (Fsp3) is 0.519. The number of unbranched alkanes of at least 4 members (excludes halogenated alkanes) is 8. The van der Waals surface area contributed by atoms with Crippen LogP contribution in [0.25, 0.3) is 0 Å². The average Bonchev–Trinajstić information content (AvgIpc) is 2.77. The van der Waals surface area contributed by atoms with Crippen LogP contribution in [0.3, 0.4) is 0 Å². The number of carbonyl (C=O) groups is 1. The summed E-state index contributed by atoms with van der Waals surface area (Å²) in [6, 6.07) is 15.1. The van der Waals surface area contributed by atoms with E-state index in [1.54, 1.807) is 12.1 Å². The lowest BCUT2D eigenvalue weighted by molar-refractivity contribution is 0.0734. The van der Waals surface area contributed by atoms with Crippen LogP contribution < -0.4 is 9.47 Å². The lowest BCUT2D eigenvalue weighted by Crippen LogP contribution is -2.08. The molecular weight excluding hydrogens is 372 g/mol. The molecule has 0 unspecified atom stereocenters. The van der Waals surface area contributed by atoms with Crippen LogP contribution in [0, 0.1) is 0 Å². The van der Waals surface area contributed by atoms with Crippen molar-refractivity contribution in [2.75, 3.05) is 6.61 Å². The Bertz CT molecular complexity index is 704. The fourth-order valence-electron chi connectivity index (χ4n) is 3.41. The van der Waals surface area contributed by atoms with Gasteiger partial charge in [-0.15, -0.1) is 0 Å². The third-order valence-electron chi connectivity index (χ3n) is 5.31. The number of carbonyl (C=O) groups excluding carboxylic acids is 1. The molecule has 3 nitrogen and oxygen atoms in total. The lowest BCUT2D eigenvalue weighted by Gasteiger charge is -2.08. The maximum Gasteiger partial charge on any atom is 0.343 e. The minimum absolute atomic E-state index is 0.340. The highest BCUT2D eigenvalue weighted by molar-refractivity contribution is 5.91.